The van der Waals surface area contributed by atoms with Gasteiger partial charge >= 0.3 is 11.9 Å². The summed E-state index contributed by atoms with van der Waals surface area (Å²) in [5.74, 6) is -1.71. The molecule has 3 rings (SSSR count). The molecule has 8 heteroatoms. The maximum atomic E-state index is 9.55. The van der Waals surface area contributed by atoms with Gasteiger partial charge in [0, 0.05) is 38.5 Å². The molecule has 1 aliphatic heterocycles. The Hall–Kier alpha value is -3.68. The predicted molar refractivity (Wildman–Crippen MR) is 110 cm³/mol. The van der Waals surface area contributed by atoms with Crippen LogP contribution in [0.15, 0.2) is 76.9 Å². The van der Waals surface area contributed by atoms with Crippen molar-refractivity contribution in [3.8, 4) is 0 Å². The van der Waals surface area contributed by atoms with Gasteiger partial charge < -0.3 is 19.7 Å². The number of aliphatic carboxylic acids is 2. The van der Waals surface area contributed by atoms with E-state index in [-0.39, 0.29) is 0 Å². The van der Waals surface area contributed by atoms with Crippen molar-refractivity contribution in [2.24, 2.45) is 17.0 Å². The lowest BCUT2D eigenvalue weighted by Gasteiger charge is -2.16. The highest BCUT2D eigenvalue weighted by Crippen LogP contribution is 2.15. The first-order valence-electron chi connectivity index (χ1n) is 9.15. The Morgan fingerprint density at radius 3 is 2.07 bits per heavy atom. The molecule has 1 fully saturated rings. The normalized spacial score (nSPS) is 14.6. The lowest BCUT2D eigenvalue weighted by atomic mass is 10.3. The number of hydrogen-bond acceptors (Lipinski definition) is 3. The molecule has 0 saturated carbocycles. The van der Waals surface area contributed by atoms with E-state index in [2.05, 4.69) is 4.90 Å². The van der Waals surface area contributed by atoms with Gasteiger partial charge in [-0.25, -0.2) is 14.6 Å². The molecule has 1 aromatic carbocycles. The molecular formula is C21H24N4O4. The highest BCUT2D eigenvalue weighted by molar-refractivity contribution is 5.89. The molecule has 0 radical (unpaired) electrons. The standard InChI is InChI=1S/C17H20N4.C4H4O4/c1-20-12-6-5-11-16(20)19-17(21-13-7-8-14-21)18-15-9-3-2-4-10-15;5-3(6)1-2-4(7)8/h2-6,9-12H,7-8,13-14H2,1H3;1-2H,(H,5,6)(H,7,8)/b;2-1+. The lowest BCUT2D eigenvalue weighted by Crippen LogP contribution is -2.29. The van der Waals surface area contributed by atoms with Crippen LogP contribution < -0.4 is 5.49 Å². The average Bonchev–Trinajstić information content (AvgIpc) is 3.24. The second-order valence-corrected chi connectivity index (χ2v) is 6.23. The summed E-state index contributed by atoms with van der Waals surface area (Å²) in [5, 5.41) is 15.6. The van der Waals surface area contributed by atoms with Crippen molar-refractivity contribution in [2.45, 2.75) is 12.8 Å². The molecule has 2 aromatic rings. The number of aromatic nitrogens is 1. The Labute approximate surface area is 168 Å². The maximum absolute atomic E-state index is 9.55. The molecule has 29 heavy (non-hydrogen) atoms. The van der Waals surface area contributed by atoms with Crippen LogP contribution in [0.1, 0.15) is 12.8 Å². The Balaban J connectivity index is 0.000000321. The molecule has 0 atom stereocenters. The number of hydrogen-bond donors (Lipinski definition) is 2. The fraction of sp³-hybridized carbons (Fsp3) is 0.238. The van der Waals surface area contributed by atoms with Gasteiger partial charge in [-0.2, -0.15) is 4.99 Å². The number of guanidine groups is 1. The van der Waals surface area contributed by atoms with E-state index in [4.69, 9.17) is 20.2 Å². The number of rotatable bonds is 3. The van der Waals surface area contributed by atoms with Crippen LogP contribution in [0.25, 0.3) is 0 Å². The van der Waals surface area contributed by atoms with Crippen molar-refractivity contribution < 1.29 is 19.8 Å². The van der Waals surface area contributed by atoms with Gasteiger partial charge in [0.25, 0.3) is 0 Å². The fourth-order valence-corrected chi connectivity index (χ4v) is 2.58. The molecule has 1 aliphatic rings. The maximum Gasteiger partial charge on any atom is 0.328 e. The quantitative estimate of drug-likeness (QED) is 0.471. The van der Waals surface area contributed by atoms with Gasteiger partial charge in [0.2, 0.25) is 5.96 Å². The van der Waals surface area contributed by atoms with Gasteiger partial charge in [0.15, 0.2) is 0 Å². The molecule has 0 spiro atoms. The predicted octanol–water partition coefficient (Wildman–Crippen LogP) is 2.42. The highest BCUT2D eigenvalue weighted by Gasteiger charge is 2.15. The van der Waals surface area contributed by atoms with Gasteiger partial charge in [-0.15, -0.1) is 0 Å². The second-order valence-electron chi connectivity index (χ2n) is 6.23. The summed E-state index contributed by atoms with van der Waals surface area (Å²) in [7, 11) is 2.00. The number of carbonyl (C=O) groups is 2. The van der Waals surface area contributed by atoms with Crippen LogP contribution in [0.5, 0.6) is 0 Å². The van der Waals surface area contributed by atoms with Crippen molar-refractivity contribution in [1.29, 1.82) is 0 Å². The summed E-state index contributed by atoms with van der Waals surface area (Å²) in [6.45, 7) is 2.07. The number of aryl methyl sites for hydroxylation is 1. The number of pyridine rings is 1. The van der Waals surface area contributed by atoms with Gasteiger partial charge in [-0.05, 0) is 37.1 Å². The third kappa shape index (κ3) is 7.84. The van der Waals surface area contributed by atoms with E-state index in [0.717, 1.165) is 30.2 Å². The first-order valence-corrected chi connectivity index (χ1v) is 9.15. The summed E-state index contributed by atoms with van der Waals surface area (Å²) < 4.78 is 2.01. The Kier molecular flexibility index (Phi) is 8.37. The fourth-order valence-electron chi connectivity index (χ4n) is 2.58. The zero-order valence-electron chi connectivity index (χ0n) is 16.2. The molecule has 152 valence electrons. The van der Waals surface area contributed by atoms with Crippen LogP contribution in [0, 0.1) is 0 Å². The first-order chi connectivity index (χ1) is 14.0. The molecule has 0 bridgehead atoms. The Morgan fingerprint density at radius 2 is 1.52 bits per heavy atom. The minimum Gasteiger partial charge on any atom is -0.478 e. The third-order valence-corrected chi connectivity index (χ3v) is 3.98. The summed E-state index contributed by atoms with van der Waals surface area (Å²) >= 11 is 0. The van der Waals surface area contributed by atoms with E-state index in [1.165, 1.54) is 12.8 Å². The van der Waals surface area contributed by atoms with Crippen molar-refractivity contribution in [3.63, 3.8) is 0 Å². The number of nitrogens with zero attached hydrogens (tertiary/aromatic N) is 4. The SMILES string of the molecule is Cn1ccccc1=NC(=Nc1ccccc1)N1CCCC1.O=C(O)/C=C/C(=O)O. The number of carboxylic acid groups (broad SMARTS) is 2. The van der Waals surface area contributed by atoms with E-state index in [9.17, 15) is 9.59 Å². The molecule has 0 unspecified atom stereocenters. The molecule has 0 aliphatic carbocycles. The zero-order valence-corrected chi connectivity index (χ0v) is 16.2. The van der Waals surface area contributed by atoms with E-state index >= 15 is 0 Å². The lowest BCUT2D eigenvalue weighted by molar-refractivity contribution is -0.134. The van der Waals surface area contributed by atoms with Gasteiger partial charge in [-0.1, -0.05) is 24.3 Å². The third-order valence-electron chi connectivity index (χ3n) is 3.98. The molecule has 0 amide bonds. The van der Waals surface area contributed by atoms with E-state index in [1.807, 2.05) is 66.3 Å². The van der Waals surface area contributed by atoms with E-state index in [1.54, 1.807) is 0 Å². The van der Waals surface area contributed by atoms with Crippen LogP contribution in [0.2, 0.25) is 0 Å². The largest absolute Gasteiger partial charge is 0.478 e. The van der Waals surface area contributed by atoms with Gasteiger partial charge in [0.1, 0.15) is 5.49 Å². The second kappa shape index (κ2) is 11.2. The number of aliphatic imine (C=N–C) groups is 1. The zero-order chi connectivity index (χ0) is 21.1. The minimum absolute atomic E-state index is 0.558. The summed E-state index contributed by atoms with van der Waals surface area (Å²) in [5.41, 5.74) is 1.86. The smallest absolute Gasteiger partial charge is 0.328 e. The van der Waals surface area contributed by atoms with Crippen molar-refractivity contribution in [2.75, 3.05) is 13.1 Å². The number of para-hydroxylation sites is 1. The van der Waals surface area contributed by atoms with Crippen LogP contribution in [0.4, 0.5) is 5.69 Å². The van der Waals surface area contributed by atoms with Gasteiger partial charge in [0.05, 0.1) is 5.69 Å². The molecule has 2 heterocycles. The van der Waals surface area contributed by atoms with Crippen LogP contribution in [-0.2, 0) is 16.6 Å². The van der Waals surface area contributed by atoms with Crippen LogP contribution in [-0.4, -0.2) is 50.7 Å². The van der Waals surface area contributed by atoms with Crippen molar-refractivity contribution in [1.82, 2.24) is 9.47 Å². The van der Waals surface area contributed by atoms with Crippen molar-refractivity contribution >= 4 is 23.6 Å². The summed E-state index contributed by atoms with van der Waals surface area (Å²) in [6.07, 6.45) is 5.54. The van der Waals surface area contributed by atoms with E-state index in [0.29, 0.717) is 12.2 Å². The highest BCUT2D eigenvalue weighted by atomic mass is 16.4. The summed E-state index contributed by atoms with van der Waals surface area (Å²) in [6, 6.07) is 16.0. The van der Waals surface area contributed by atoms with Crippen LogP contribution in [0.3, 0.4) is 0 Å². The summed E-state index contributed by atoms with van der Waals surface area (Å²) in [4.78, 5) is 30.9. The first kappa shape index (κ1) is 21.6. The van der Waals surface area contributed by atoms with E-state index < -0.39 is 11.9 Å². The monoisotopic (exact) mass is 396 g/mol. The molecular weight excluding hydrogens is 372 g/mol. The average molecular weight is 396 g/mol. The minimum atomic E-state index is -1.26. The Morgan fingerprint density at radius 1 is 0.931 bits per heavy atom. The number of likely N-dealkylation sites (tertiary alicyclic amines) is 1. The Bertz CT molecular complexity index is 926. The molecule has 8 nitrogen and oxygen atoms in total. The molecule has 2 N–H and O–H groups in total. The van der Waals surface area contributed by atoms with Crippen LogP contribution >= 0.6 is 0 Å². The number of carboxylic acids is 2. The number of benzene rings is 1. The van der Waals surface area contributed by atoms with Gasteiger partial charge in [-0.3, -0.25) is 0 Å². The topological polar surface area (TPSA) is 107 Å². The molecule has 1 aromatic heterocycles. The van der Waals surface area contributed by atoms with Crippen molar-refractivity contribution in [3.05, 3.63) is 72.4 Å². The molecule has 1 saturated heterocycles.